The molecule has 0 aromatic rings. The van der Waals surface area contributed by atoms with Crippen LogP contribution < -0.4 is 0 Å². The van der Waals surface area contributed by atoms with Crippen LogP contribution in [0.15, 0.2) is 0 Å². The van der Waals surface area contributed by atoms with E-state index in [4.69, 9.17) is 4.74 Å². The van der Waals surface area contributed by atoms with Gasteiger partial charge < -0.3 is 4.74 Å². The molecule has 1 unspecified atom stereocenters. The summed E-state index contributed by atoms with van der Waals surface area (Å²) in [5.41, 5.74) is 0.689. The van der Waals surface area contributed by atoms with E-state index in [2.05, 4.69) is 0 Å². The second-order valence-electron chi connectivity index (χ2n) is 3.48. The molecule has 0 heterocycles. The van der Waals surface area contributed by atoms with Gasteiger partial charge in [-0.15, -0.1) is 0 Å². The SMILES string of the molecule is COC1CCC12CCC2. The molecule has 0 aliphatic heterocycles. The summed E-state index contributed by atoms with van der Waals surface area (Å²) in [6.07, 6.45) is 7.70. The molecule has 9 heavy (non-hydrogen) atoms. The maximum absolute atomic E-state index is 5.34. The molecule has 2 saturated carbocycles. The largest absolute Gasteiger partial charge is 0.381 e. The van der Waals surface area contributed by atoms with Gasteiger partial charge >= 0.3 is 0 Å². The molecule has 52 valence electrons. The highest BCUT2D eigenvalue weighted by Gasteiger charge is 2.50. The third-order valence-electron chi connectivity index (χ3n) is 3.22. The van der Waals surface area contributed by atoms with Gasteiger partial charge in [0.15, 0.2) is 0 Å². The molecule has 0 aromatic heterocycles. The highest BCUT2D eigenvalue weighted by atomic mass is 16.5. The van der Waals surface area contributed by atoms with Crippen LogP contribution in [0.2, 0.25) is 0 Å². The first-order chi connectivity index (χ1) is 4.37. The van der Waals surface area contributed by atoms with Gasteiger partial charge in [0.1, 0.15) is 0 Å². The van der Waals surface area contributed by atoms with E-state index >= 15 is 0 Å². The molecule has 0 radical (unpaired) electrons. The summed E-state index contributed by atoms with van der Waals surface area (Å²) < 4.78 is 5.34. The van der Waals surface area contributed by atoms with Crippen molar-refractivity contribution in [3.05, 3.63) is 0 Å². The van der Waals surface area contributed by atoms with Gasteiger partial charge in [0.25, 0.3) is 0 Å². The average Bonchev–Trinajstić information content (AvgIpc) is 1.59. The van der Waals surface area contributed by atoms with E-state index in [-0.39, 0.29) is 0 Å². The first kappa shape index (κ1) is 5.72. The quantitative estimate of drug-likeness (QED) is 0.522. The molecule has 2 aliphatic rings. The van der Waals surface area contributed by atoms with Crippen LogP contribution >= 0.6 is 0 Å². The fourth-order valence-corrected chi connectivity index (χ4v) is 2.24. The highest BCUT2D eigenvalue weighted by Crippen LogP contribution is 2.56. The van der Waals surface area contributed by atoms with Crippen molar-refractivity contribution in [3.8, 4) is 0 Å². The molecular weight excluding hydrogens is 112 g/mol. The summed E-state index contributed by atoms with van der Waals surface area (Å²) in [6.45, 7) is 0. The first-order valence-corrected chi connectivity index (χ1v) is 3.90. The zero-order valence-electron chi connectivity index (χ0n) is 6.02. The molecule has 0 aromatic carbocycles. The van der Waals surface area contributed by atoms with Crippen molar-refractivity contribution in [2.24, 2.45) is 5.41 Å². The molecule has 1 nitrogen and oxygen atoms in total. The van der Waals surface area contributed by atoms with Crippen LogP contribution in [0.5, 0.6) is 0 Å². The predicted octanol–water partition coefficient (Wildman–Crippen LogP) is 1.97. The normalized spacial score (nSPS) is 37.7. The summed E-state index contributed by atoms with van der Waals surface area (Å²) in [5, 5.41) is 0. The van der Waals surface area contributed by atoms with Gasteiger partial charge in [-0.3, -0.25) is 0 Å². The molecule has 2 aliphatic carbocycles. The second kappa shape index (κ2) is 1.72. The van der Waals surface area contributed by atoms with Crippen LogP contribution in [0.1, 0.15) is 32.1 Å². The lowest BCUT2D eigenvalue weighted by Gasteiger charge is -2.55. The molecule has 0 bridgehead atoms. The molecule has 2 rings (SSSR count). The van der Waals surface area contributed by atoms with Crippen LogP contribution in [0, 0.1) is 5.41 Å². The van der Waals surface area contributed by atoms with Crippen molar-refractivity contribution < 1.29 is 4.74 Å². The Bertz CT molecular complexity index is 108. The number of hydrogen-bond donors (Lipinski definition) is 0. The molecule has 0 amide bonds. The fraction of sp³-hybridized carbons (Fsp3) is 1.00. The Kier molecular flexibility index (Phi) is 1.10. The van der Waals surface area contributed by atoms with Gasteiger partial charge in [-0.1, -0.05) is 6.42 Å². The lowest BCUT2D eigenvalue weighted by atomic mass is 9.54. The summed E-state index contributed by atoms with van der Waals surface area (Å²) in [5.74, 6) is 0. The zero-order valence-corrected chi connectivity index (χ0v) is 6.02. The monoisotopic (exact) mass is 126 g/mol. The lowest BCUT2D eigenvalue weighted by Crippen LogP contribution is -2.50. The molecule has 1 heteroatoms. The Labute approximate surface area is 56.4 Å². The lowest BCUT2D eigenvalue weighted by molar-refractivity contribution is -0.135. The molecule has 0 saturated heterocycles. The van der Waals surface area contributed by atoms with Gasteiger partial charge in [0.05, 0.1) is 6.10 Å². The summed E-state index contributed by atoms with van der Waals surface area (Å²) in [4.78, 5) is 0. The molecule has 0 N–H and O–H groups in total. The third-order valence-corrected chi connectivity index (χ3v) is 3.22. The van der Waals surface area contributed by atoms with Crippen LogP contribution in [0.3, 0.4) is 0 Å². The number of rotatable bonds is 1. The predicted molar refractivity (Wildman–Crippen MR) is 36.3 cm³/mol. The van der Waals surface area contributed by atoms with Crippen LogP contribution in [0.25, 0.3) is 0 Å². The average molecular weight is 126 g/mol. The van der Waals surface area contributed by atoms with Crippen molar-refractivity contribution >= 4 is 0 Å². The van der Waals surface area contributed by atoms with Gasteiger partial charge in [-0.05, 0) is 31.1 Å². The Morgan fingerprint density at radius 2 is 2.11 bits per heavy atom. The van der Waals surface area contributed by atoms with Gasteiger partial charge in [0, 0.05) is 7.11 Å². The van der Waals surface area contributed by atoms with Gasteiger partial charge in [-0.2, -0.15) is 0 Å². The van der Waals surface area contributed by atoms with E-state index in [1.54, 1.807) is 0 Å². The van der Waals surface area contributed by atoms with Crippen molar-refractivity contribution in [1.82, 2.24) is 0 Å². The number of methoxy groups -OCH3 is 1. The standard InChI is InChI=1S/C8H14O/c1-9-7-3-6-8(7)4-2-5-8/h7H,2-6H2,1H3. The smallest absolute Gasteiger partial charge is 0.0627 e. The van der Waals surface area contributed by atoms with E-state index in [0.29, 0.717) is 11.5 Å². The van der Waals surface area contributed by atoms with Crippen LogP contribution in [-0.2, 0) is 4.74 Å². The Morgan fingerprint density at radius 3 is 2.22 bits per heavy atom. The molecule has 1 atom stereocenters. The van der Waals surface area contributed by atoms with Crippen molar-refractivity contribution in [3.63, 3.8) is 0 Å². The summed E-state index contributed by atoms with van der Waals surface area (Å²) >= 11 is 0. The minimum Gasteiger partial charge on any atom is -0.381 e. The summed E-state index contributed by atoms with van der Waals surface area (Å²) in [7, 11) is 1.85. The number of hydrogen-bond acceptors (Lipinski definition) is 1. The van der Waals surface area contributed by atoms with Crippen LogP contribution in [-0.4, -0.2) is 13.2 Å². The molecule has 1 spiro atoms. The topological polar surface area (TPSA) is 9.23 Å². The maximum atomic E-state index is 5.34. The van der Waals surface area contributed by atoms with E-state index in [0.717, 1.165) is 0 Å². The highest BCUT2D eigenvalue weighted by molar-refractivity contribution is 5.01. The Hall–Kier alpha value is -0.0400. The molecule has 2 fully saturated rings. The van der Waals surface area contributed by atoms with Crippen molar-refractivity contribution in [2.75, 3.05) is 7.11 Å². The first-order valence-electron chi connectivity index (χ1n) is 3.90. The second-order valence-corrected chi connectivity index (χ2v) is 3.48. The minimum absolute atomic E-state index is 0.631. The Balaban J connectivity index is 1.97. The van der Waals surface area contributed by atoms with Crippen molar-refractivity contribution in [2.45, 2.75) is 38.2 Å². The summed E-state index contributed by atoms with van der Waals surface area (Å²) in [6, 6.07) is 0. The van der Waals surface area contributed by atoms with Crippen LogP contribution in [0.4, 0.5) is 0 Å². The maximum Gasteiger partial charge on any atom is 0.0627 e. The third kappa shape index (κ3) is 0.586. The van der Waals surface area contributed by atoms with Crippen molar-refractivity contribution in [1.29, 1.82) is 0 Å². The van der Waals surface area contributed by atoms with E-state index < -0.39 is 0 Å². The fourth-order valence-electron chi connectivity index (χ4n) is 2.24. The Morgan fingerprint density at radius 1 is 1.33 bits per heavy atom. The minimum atomic E-state index is 0.631. The van der Waals surface area contributed by atoms with E-state index in [1.807, 2.05) is 7.11 Å². The van der Waals surface area contributed by atoms with E-state index in [1.165, 1.54) is 32.1 Å². The van der Waals surface area contributed by atoms with Gasteiger partial charge in [-0.25, -0.2) is 0 Å². The molecular formula is C8H14O. The number of ether oxygens (including phenoxy) is 1. The van der Waals surface area contributed by atoms with Gasteiger partial charge in [0.2, 0.25) is 0 Å². The van der Waals surface area contributed by atoms with E-state index in [9.17, 15) is 0 Å². The zero-order chi connectivity index (χ0) is 6.32.